The van der Waals surface area contributed by atoms with E-state index in [1.807, 2.05) is 23.1 Å². The number of amides is 1. The maximum absolute atomic E-state index is 12.8. The zero-order chi connectivity index (χ0) is 14.6. The van der Waals surface area contributed by atoms with E-state index in [9.17, 15) is 14.7 Å². The van der Waals surface area contributed by atoms with Crippen LogP contribution in [0, 0.1) is 5.92 Å². The number of rotatable bonds is 2. The van der Waals surface area contributed by atoms with Crippen LogP contribution < -0.4 is 5.32 Å². The quantitative estimate of drug-likeness (QED) is 0.868. The van der Waals surface area contributed by atoms with Crippen molar-refractivity contribution >= 4 is 17.6 Å². The number of carbonyl (C=O) groups excluding carboxylic acids is 1. The molecule has 110 valence electrons. The summed E-state index contributed by atoms with van der Waals surface area (Å²) in [6.45, 7) is 0.920. The SMILES string of the molecule is O=C(O)C1CC2CCC1N2C(=O)c1ccc2c(c1)NCC2. The van der Waals surface area contributed by atoms with Gasteiger partial charge in [0.1, 0.15) is 0 Å². The molecule has 21 heavy (non-hydrogen) atoms. The Hall–Kier alpha value is -2.04. The summed E-state index contributed by atoms with van der Waals surface area (Å²) >= 11 is 0. The lowest BCUT2D eigenvalue weighted by molar-refractivity contribution is -0.142. The van der Waals surface area contributed by atoms with Crippen molar-refractivity contribution in [2.75, 3.05) is 11.9 Å². The number of anilines is 1. The molecule has 0 radical (unpaired) electrons. The average Bonchev–Trinajstić information content (AvgIpc) is 3.19. The highest BCUT2D eigenvalue weighted by molar-refractivity contribution is 5.97. The zero-order valence-corrected chi connectivity index (χ0v) is 11.7. The molecule has 0 spiro atoms. The third kappa shape index (κ3) is 1.83. The second-order valence-corrected chi connectivity index (χ2v) is 6.24. The maximum atomic E-state index is 12.8. The summed E-state index contributed by atoms with van der Waals surface area (Å²) in [6, 6.07) is 5.78. The summed E-state index contributed by atoms with van der Waals surface area (Å²) < 4.78 is 0. The number of aliphatic carboxylic acids is 1. The Morgan fingerprint density at radius 1 is 1.29 bits per heavy atom. The van der Waals surface area contributed by atoms with E-state index < -0.39 is 5.97 Å². The maximum Gasteiger partial charge on any atom is 0.308 e. The van der Waals surface area contributed by atoms with Crippen molar-refractivity contribution in [3.8, 4) is 0 Å². The molecule has 0 aliphatic carbocycles. The molecule has 3 aliphatic heterocycles. The van der Waals surface area contributed by atoms with Crippen LogP contribution >= 0.6 is 0 Å². The van der Waals surface area contributed by atoms with Crippen molar-refractivity contribution < 1.29 is 14.7 Å². The van der Waals surface area contributed by atoms with Gasteiger partial charge in [0, 0.05) is 29.9 Å². The first-order valence-corrected chi connectivity index (χ1v) is 7.57. The average molecular weight is 286 g/mol. The number of carbonyl (C=O) groups is 2. The molecule has 3 heterocycles. The molecule has 0 saturated carbocycles. The number of benzene rings is 1. The molecular weight excluding hydrogens is 268 g/mol. The molecule has 3 aliphatic rings. The van der Waals surface area contributed by atoms with Gasteiger partial charge in [0.15, 0.2) is 0 Å². The van der Waals surface area contributed by atoms with Gasteiger partial charge in [-0.1, -0.05) is 6.07 Å². The number of fused-ring (bicyclic) bond motifs is 3. The first-order valence-electron chi connectivity index (χ1n) is 7.57. The second kappa shape index (κ2) is 4.48. The molecule has 0 aromatic heterocycles. The fraction of sp³-hybridized carbons (Fsp3) is 0.500. The van der Waals surface area contributed by atoms with Crippen LogP contribution in [-0.4, -0.2) is 40.5 Å². The normalized spacial score (nSPS) is 29.3. The van der Waals surface area contributed by atoms with Gasteiger partial charge in [0.25, 0.3) is 5.91 Å². The molecule has 5 nitrogen and oxygen atoms in total. The third-order valence-electron chi connectivity index (χ3n) is 5.16. The predicted octanol–water partition coefficient (Wildman–Crippen LogP) is 1.73. The fourth-order valence-corrected chi connectivity index (χ4v) is 4.14. The molecule has 2 fully saturated rings. The zero-order valence-electron chi connectivity index (χ0n) is 11.7. The predicted molar refractivity (Wildman–Crippen MR) is 77.4 cm³/mol. The summed E-state index contributed by atoms with van der Waals surface area (Å²) in [5.41, 5.74) is 2.97. The Balaban J connectivity index is 1.62. The van der Waals surface area contributed by atoms with Gasteiger partial charge >= 0.3 is 5.97 Å². The Morgan fingerprint density at radius 2 is 2.14 bits per heavy atom. The minimum absolute atomic E-state index is 0.0113. The molecule has 3 unspecified atom stereocenters. The number of nitrogens with one attached hydrogen (secondary N) is 1. The summed E-state index contributed by atoms with van der Waals surface area (Å²) in [6.07, 6.45) is 3.36. The molecule has 5 heteroatoms. The van der Waals surface area contributed by atoms with E-state index in [0.29, 0.717) is 12.0 Å². The van der Waals surface area contributed by atoms with Gasteiger partial charge in [-0.25, -0.2) is 0 Å². The standard InChI is InChI=1S/C16H18N2O3/c19-15(10-2-1-9-5-6-17-13(9)7-10)18-11-3-4-14(18)12(8-11)16(20)21/h1-2,7,11-12,14,17H,3-6,8H2,(H,20,21). The number of carboxylic acids is 1. The van der Waals surface area contributed by atoms with E-state index in [4.69, 9.17) is 0 Å². The van der Waals surface area contributed by atoms with E-state index in [2.05, 4.69) is 5.32 Å². The topological polar surface area (TPSA) is 69.6 Å². The molecule has 1 aromatic rings. The van der Waals surface area contributed by atoms with Crippen LogP contribution in [0.1, 0.15) is 35.2 Å². The van der Waals surface area contributed by atoms with Crippen molar-refractivity contribution in [1.29, 1.82) is 0 Å². The smallest absolute Gasteiger partial charge is 0.308 e. The van der Waals surface area contributed by atoms with Crippen LogP contribution in [0.2, 0.25) is 0 Å². The Kier molecular flexibility index (Phi) is 2.71. The van der Waals surface area contributed by atoms with Crippen LogP contribution in [-0.2, 0) is 11.2 Å². The first kappa shape index (κ1) is 12.7. The third-order valence-corrected chi connectivity index (χ3v) is 5.16. The Labute approximate surface area is 122 Å². The van der Waals surface area contributed by atoms with Crippen LogP contribution in [0.5, 0.6) is 0 Å². The summed E-state index contributed by atoms with van der Waals surface area (Å²) in [7, 11) is 0. The molecule has 3 atom stereocenters. The number of hydrogen-bond donors (Lipinski definition) is 2. The summed E-state index contributed by atoms with van der Waals surface area (Å²) in [5, 5.41) is 12.6. The van der Waals surface area contributed by atoms with Crippen LogP contribution in [0.15, 0.2) is 18.2 Å². The van der Waals surface area contributed by atoms with Gasteiger partial charge in [0.05, 0.1) is 5.92 Å². The molecule has 2 bridgehead atoms. The van der Waals surface area contributed by atoms with Crippen LogP contribution in [0.4, 0.5) is 5.69 Å². The highest BCUT2D eigenvalue weighted by atomic mass is 16.4. The van der Waals surface area contributed by atoms with Gasteiger partial charge in [-0.05, 0) is 43.4 Å². The molecule has 2 N–H and O–H groups in total. The number of carboxylic acid groups (broad SMARTS) is 1. The Morgan fingerprint density at radius 3 is 2.90 bits per heavy atom. The Bertz CT molecular complexity index is 628. The van der Waals surface area contributed by atoms with Crippen molar-refractivity contribution in [1.82, 2.24) is 4.90 Å². The van der Waals surface area contributed by atoms with E-state index in [1.54, 1.807) is 0 Å². The van der Waals surface area contributed by atoms with Gasteiger partial charge < -0.3 is 15.3 Å². The molecular formula is C16H18N2O3. The van der Waals surface area contributed by atoms with Crippen molar-refractivity contribution in [3.63, 3.8) is 0 Å². The van der Waals surface area contributed by atoms with Crippen molar-refractivity contribution in [3.05, 3.63) is 29.3 Å². The molecule has 1 amide bonds. The van der Waals surface area contributed by atoms with Gasteiger partial charge in [-0.3, -0.25) is 9.59 Å². The number of nitrogens with zero attached hydrogens (tertiary/aromatic N) is 1. The monoisotopic (exact) mass is 286 g/mol. The highest BCUT2D eigenvalue weighted by Crippen LogP contribution is 2.42. The van der Waals surface area contributed by atoms with Gasteiger partial charge in [-0.2, -0.15) is 0 Å². The van der Waals surface area contributed by atoms with Crippen LogP contribution in [0.3, 0.4) is 0 Å². The van der Waals surface area contributed by atoms with E-state index in [1.165, 1.54) is 5.56 Å². The highest BCUT2D eigenvalue weighted by Gasteiger charge is 2.51. The first-order chi connectivity index (χ1) is 10.1. The lowest BCUT2D eigenvalue weighted by Crippen LogP contribution is -2.37. The summed E-state index contributed by atoms with van der Waals surface area (Å²) in [4.78, 5) is 25.9. The van der Waals surface area contributed by atoms with Gasteiger partial charge in [0.2, 0.25) is 0 Å². The van der Waals surface area contributed by atoms with Crippen LogP contribution in [0.25, 0.3) is 0 Å². The minimum atomic E-state index is -0.768. The van der Waals surface area contributed by atoms with E-state index in [0.717, 1.165) is 31.5 Å². The largest absolute Gasteiger partial charge is 0.481 e. The second-order valence-electron chi connectivity index (χ2n) is 6.24. The fourth-order valence-electron chi connectivity index (χ4n) is 4.14. The van der Waals surface area contributed by atoms with Crippen molar-refractivity contribution in [2.24, 2.45) is 5.92 Å². The minimum Gasteiger partial charge on any atom is -0.481 e. The molecule has 4 rings (SSSR count). The molecule has 2 saturated heterocycles. The van der Waals surface area contributed by atoms with Gasteiger partial charge in [-0.15, -0.1) is 0 Å². The van der Waals surface area contributed by atoms with E-state index in [-0.39, 0.29) is 23.9 Å². The lowest BCUT2D eigenvalue weighted by Gasteiger charge is -2.23. The lowest BCUT2D eigenvalue weighted by atomic mass is 9.89. The number of hydrogen-bond acceptors (Lipinski definition) is 3. The molecule has 1 aromatic carbocycles. The summed E-state index contributed by atoms with van der Waals surface area (Å²) in [5.74, 6) is -1.17. The van der Waals surface area contributed by atoms with E-state index >= 15 is 0 Å². The van der Waals surface area contributed by atoms with Crippen molar-refractivity contribution in [2.45, 2.75) is 37.8 Å².